The third kappa shape index (κ3) is 3.34. The first-order valence-corrected chi connectivity index (χ1v) is 7.90. The van der Waals surface area contributed by atoms with Gasteiger partial charge in [-0.2, -0.15) is 0 Å². The molecule has 0 amide bonds. The van der Waals surface area contributed by atoms with Gasteiger partial charge in [-0.15, -0.1) is 11.3 Å². The number of hydrogen-bond acceptors (Lipinski definition) is 3. The van der Waals surface area contributed by atoms with E-state index in [1.807, 2.05) is 0 Å². The number of rotatable bonds is 5. The van der Waals surface area contributed by atoms with Crippen LogP contribution in [0.2, 0.25) is 0 Å². The van der Waals surface area contributed by atoms with E-state index in [0.29, 0.717) is 0 Å². The molecule has 102 valence electrons. The van der Waals surface area contributed by atoms with Gasteiger partial charge in [0, 0.05) is 16.8 Å². The highest BCUT2D eigenvalue weighted by atomic mass is 32.1. The lowest BCUT2D eigenvalue weighted by molar-refractivity contribution is -0.0883. The van der Waals surface area contributed by atoms with Crippen LogP contribution in [0.25, 0.3) is 0 Å². The molecular weight excluding hydrogens is 242 g/mol. The van der Waals surface area contributed by atoms with Gasteiger partial charge in [0.1, 0.15) is 6.23 Å². The molecule has 1 fully saturated rings. The van der Waals surface area contributed by atoms with Gasteiger partial charge in [-0.05, 0) is 37.8 Å². The molecule has 1 saturated carbocycles. The molecule has 0 bridgehead atoms. The Balaban J connectivity index is 1.85. The smallest absolute Gasteiger partial charge is 0.112 e. The summed E-state index contributed by atoms with van der Waals surface area (Å²) in [4.78, 5) is 3.54. The molecule has 0 saturated heterocycles. The predicted molar refractivity (Wildman–Crippen MR) is 77.9 cm³/mol. The average molecular weight is 267 g/mol. The van der Waals surface area contributed by atoms with Crippen LogP contribution in [0.15, 0.2) is 17.5 Å². The van der Waals surface area contributed by atoms with Crippen LogP contribution < -0.4 is 0 Å². The Morgan fingerprint density at radius 2 is 2.11 bits per heavy atom. The fourth-order valence-electron chi connectivity index (χ4n) is 3.01. The Hall–Kier alpha value is -0.380. The highest BCUT2D eigenvalue weighted by Gasteiger charge is 2.36. The Labute approximate surface area is 115 Å². The summed E-state index contributed by atoms with van der Waals surface area (Å²) in [5, 5.41) is 12.7. The summed E-state index contributed by atoms with van der Waals surface area (Å²) < 4.78 is 0. The van der Waals surface area contributed by atoms with Gasteiger partial charge in [-0.1, -0.05) is 32.3 Å². The molecule has 2 nitrogen and oxygen atoms in total. The van der Waals surface area contributed by atoms with Gasteiger partial charge in [-0.3, -0.25) is 4.90 Å². The van der Waals surface area contributed by atoms with Crippen molar-refractivity contribution in [1.29, 1.82) is 0 Å². The summed E-state index contributed by atoms with van der Waals surface area (Å²) in [5.41, 5.74) is 0.0997. The first-order chi connectivity index (χ1) is 8.62. The Bertz CT molecular complexity index is 343. The minimum absolute atomic E-state index is 0.0997. The molecule has 1 aliphatic rings. The number of aliphatic hydroxyl groups excluding tert-OH is 1. The summed E-state index contributed by atoms with van der Waals surface area (Å²) in [6.45, 7) is 3.19. The lowest BCUT2D eigenvalue weighted by atomic mass is 9.74. The maximum Gasteiger partial charge on any atom is 0.112 e. The molecule has 0 spiro atoms. The second-order valence-corrected chi connectivity index (χ2v) is 6.93. The number of aliphatic hydroxyl groups is 1. The van der Waals surface area contributed by atoms with Gasteiger partial charge in [0.05, 0.1) is 0 Å². The van der Waals surface area contributed by atoms with Crippen molar-refractivity contribution in [3.63, 3.8) is 0 Å². The maximum absolute atomic E-state index is 10.6. The summed E-state index contributed by atoms with van der Waals surface area (Å²) in [6, 6.07) is 4.27. The highest BCUT2D eigenvalue weighted by Crippen LogP contribution is 2.39. The third-order valence-corrected chi connectivity index (χ3v) is 5.26. The average Bonchev–Trinajstić information content (AvgIpc) is 2.89. The molecule has 1 heterocycles. The van der Waals surface area contributed by atoms with Crippen molar-refractivity contribution in [3.8, 4) is 0 Å². The maximum atomic E-state index is 10.6. The van der Waals surface area contributed by atoms with Crippen molar-refractivity contribution in [2.45, 2.75) is 51.7 Å². The quantitative estimate of drug-likeness (QED) is 0.825. The first kappa shape index (κ1) is 14.0. The largest absolute Gasteiger partial charge is 0.378 e. The van der Waals surface area contributed by atoms with Crippen LogP contribution in [0.1, 0.15) is 43.9 Å². The molecule has 1 aromatic rings. The van der Waals surface area contributed by atoms with E-state index < -0.39 is 0 Å². The minimum Gasteiger partial charge on any atom is -0.378 e. The second-order valence-electron chi connectivity index (χ2n) is 5.90. The first-order valence-electron chi connectivity index (χ1n) is 7.02. The second kappa shape index (κ2) is 6.18. The zero-order chi connectivity index (χ0) is 13.0. The van der Waals surface area contributed by atoms with E-state index in [2.05, 4.69) is 36.4 Å². The number of hydrogen-bond donors (Lipinski definition) is 1. The number of likely N-dealkylation sites (N-methyl/N-ethyl adjacent to an activating group) is 1. The van der Waals surface area contributed by atoms with Crippen LogP contribution in [0.5, 0.6) is 0 Å². The molecule has 2 rings (SSSR count). The SMILES string of the molecule is CN(CCc1cccs1)C(O)C1(C)CCCCC1. The molecule has 1 N–H and O–H groups in total. The van der Waals surface area contributed by atoms with Crippen molar-refractivity contribution in [3.05, 3.63) is 22.4 Å². The molecule has 1 unspecified atom stereocenters. The molecule has 0 radical (unpaired) electrons. The van der Waals surface area contributed by atoms with E-state index in [9.17, 15) is 5.11 Å². The fraction of sp³-hybridized carbons (Fsp3) is 0.733. The molecule has 18 heavy (non-hydrogen) atoms. The summed E-state index contributed by atoms with van der Waals surface area (Å²) in [6.07, 6.45) is 6.95. The zero-order valence-electron chi connectivity index (χ0n) is 11.6. The Morgan fingerprint density at radius 3 is 2.72 bits per heavy atom. The van der Waals surface area contributed by atoms with Crippen molar-refractivity contribution >= 4 is 11.3 Å². The normalized spacial score (nSPS) is 21.1. The highest BCUT2D eigenvalue weighted by molar-refractivity contribution is 7.09. The van der Waals surface area contributed by atoms with Crippen molar-refractivity contribution in [2.75, 3.05) is 13.6 Å². The summed E-state index contributed by atoms with van der Waals surface area (Å²) in [5.74, 6) is 0. The van der Waals surface area contributed by atoms with E-state index in [4.69, 9.17) is 0 Å². The fourth-order valence-corrected chi connectivity index (χ4v) is 3.71. The topological polar surface area (TPSA) is 23.5 Å². The van der Waals surface area contributed by atoms with Gasteiger partial charge in [-0.25, -0.2) is 0 Å². The number of nitrogens with zero attached hydrogens (tertiary/aromatic N) is 1. The molecule has 3 heteroatoms. The van der Waals surface area contributed by atoms with Crippen LogP contribution in [-0.4, -0.2) is 29.8 Å². The molecular formula is C15H25NOS. The van der Waals surface area contributed by atoms with Gasteiger partial charge in [0.2, 0.25) is 0 Å². The van der Waals surface area contributed by atoms with Crippen molar-refractivity contribution in [2.24, 2.45) is 5.41 Å². The van der Waals surface area contributed by atoms with Gasteiger partial charge >= 0.3 is 0 Å². The molecule has 0 aliphatic heterocycles. The van der Waals surface area contributed by atoms with E-state index in [1.54, 1.807) is 11.3 Å². The summed E-state index contributed by atoms with van der Waals surface area (Å²) >= 11 is 1.80. The van der Waals surface area contributed by atoms with Gasteiger partial charge in [0.15, 0.2) is 0 Å². The van der Waals surface area contributed by atoms with Crippen LogP contribution in [0, 0.1) is 5.41 Å². The Kier molecular flexibility index (Phi) is 4.82. The van der Waals surface area contributed by atoms with Crippen LogP contribution in [-0.2, 0) is 6.42 Å². The van der Waals surface area contributed by atoms with Crippen LogP contribution >= 0.6 is 11.3 Å². The number of thiophene rings is 1. The van der Waals surface area contributed by atoms with Gasteiger partial charge < -0.3 is 5.11 Å². The van der Waals surface area contributed by atoms with Crippen molar-refractivity contribution in [1.82, 2.24) is 4.90 Å². The van der Waals surface area contributed by atoms with E-state index >= 15 is 0 Å². The van der Waals surface area contributed by atoms with E-state index in [0.717, 1.165) is 25.8 Å². The minimum atomic E-state index is -0.294. The van der Waals surface area contributed by atoms with Crippen LogP contribution in [0.3, 0.4) is 0 Å². The van der Waals surface area contributed by atoms with Crippen molar-refractivity contribution < 1.29 is 5.11 Å². The predicted octanol–water partition coefficient (Wildman–Crippen LogP) is 3.51. The van der Waals surface area contributed by atoms with Crippen LogP contribution in [0.4, 0.5) is 0 Å². The standard InChI is InChI=1S/C15H25NOS/c1-15(9-4-3-5-10-15)14(17)16(2)11-8-13-7-6-12-18-13/h6-7,12,14,17H,3-5,8-11H2,1-2H3. The zero-order valence-corrected chi connectivity index (χ0v) is 12.4. The lowest BCUT2D eigenvalue weighted by Gasteiger charge is -2.42. The third-order valence-electron chi connectivity index (χ3n) is 4.33. The van der Waals surface area contributed by atoms with E-state index in [1.165, 1.54) is 24.1 Å². The summed E-state index contributed by atoms with van der Waals surface area (Å²) in [7, 11) is 2.05. The molecule has 1 aromatic heterocycles. The molecule has 0 aromatic carbocycles. The van der Waals surface area contributed by atoms with E-state index in [-0.39, 0.29) is 11.6 Å². The lowest BCUT2D eigenvalue weighted by Crippen LogP contribution is -2.46. The monoisotopic (exact) mass is 267 g/mol. The Morgan fingerprint density at radius 1 is 1.39 bits per heavy atom. The molecule has 1 atom stereocenters. The molecule has 1 aliphatic carbocycles. The van der Waals surface area contributed by atoms with Gasteiger partial charge in [0.25, 0.3) is 0 Å².